The van der Waals surface area contributed by atoms with Crippen molar-refractivity contribution in [1.29, 1.82) is 0 Å². The largest absolute Gasteiger partial charge is 0.480 e. The van der Waals surface area contributed by atoms with Gasteiger partial charge in [-0.3, -0.25) is 13.9 Å². The fraction of sp³-hybridized carbons (Fsp3) is 0.316. The van der Waals surface area contributed by atoms with E-state index >= 15 is 0 Å². The summed E-state index contributed by atoms with van der Waals surface area (Å²) in [5.41, 5.74) is 0.342. The smallest absolute Gasteiger partial charge is 0.331 e. The van der Waals surface area contributed by atoms with E-state index in [1.807, 2.05) is 0 Å². The van der Waals surface area contributed by atoms with Gasteiger partial charge in [0.15, 0.2) is 5.65 Å². The SMILES string of the molecule is O=C(O)Cn1c(=O)n(C2CCN(S(=O)(=O)c3cc(Cl)cc(Cl)c3)CC2)c2ncccc21. The van der Waals surface area contributed by atoms with Crippen LogP contribution in [0.15, 0.2) is 46.2 Å². The van der Waals surface area contributed by atoms with E-state index < -0.39 is 28.2 Å². The molecular formula is C19H18Cl2N4O5S. The highest BCUT2D eigenvalue weighted by molar-refractivity contribution is 7.89. The van der Waals surface area contributed by atoms with Gasteiger partial charge >= 0.3 is 11.7 Å². The molecule has 31 heavy (non-hydrogen) atoms. The average Bonchev–Trinajstić information content (AvgIpc) is 2.98. The zero-order chi connectivity index (χ0) is 22.3. The van der Waals surface area contributed by atoms with Gasteiger partial charge in [0.05, 0.1) is 10.4 Å². The van der Waals surface area contributed by atoms with Crippen LogP contribution in [-0.4, -0.2) is 51.0 Å². The van der Waals surface area contributed by atoms with E-state index in [0.29, 0.717) is 24.0 Å². The molecule has 0 saturated carbocycles. The monoisotopic (exact) mass is 484 g/mol. The minimum absolute atomic E-state index is 0.0142. The number of rotatable bonds is 5. The molecule has 1 aliphatic rings. The predicted octanol–water partition coefficient (Wildman–Crippen LogP) is 2.62. The minimum atomic E-state index is -3.80. The summed E-state index contributed by atoms with van der Waals surface area (Å²) in [4.78, 5) is 28.4. The van der Waals surface area contributed by atoms with Crippen LogP contribution in [0.3, 0.4) is 0 Å². The lowest BCUT2D eigenvalue weighted by Gasteiger charge is -2.31. The van der Waals surface area contributed by atoms with Crippen LogP contribution in [0.5, 0.6) is 0 Å². The van der Waals surface area contributed by atoms with Crippen molar-refractivity contribution >= 4 is 50.4 Å². The average molecular weight is 485 g/mol. The normalized spacial score (nSPS) is 16.1. The van der Waals surface area contributed by atoms with E-state index in [2.05, 4.69) is 4.98 Å². The van der Waals surface area contributed by atoms with Gasteiger partial charge in [-0.05, 0) is 43.2 Å². The molecule has 0 amide bonds. The molecule has 3 aromatic rings. The lowest BCUT2D eigenvalue weighted by molar-refractivity contribution is -0.137. The second-order valence-electron chi connectivity index (χ2n) is 7.22. The van der Waals surface area contributed by atoms with Crippen LogP contribution in [0.4, 0.5) is 0 Å². The first-order valence-corrected chi connectivity index (χ1v) is 11.6. The fourth-order valence-electron chi connectivity index (χ4n) is 3.89. The number of pyridine rings is 1. The number of carboxylic acids is 1. The van der Waals surface area contributed by atoms with Crippen LogP contribution in [0, 0.1) is 0 Å². The Labute approximate surface area is 187 Å². The first-order chi connectivity index (χ1) is 14.7. The number of benzene rings is 1. The molecule has 0 bridgehead atoms. The van der Waals surface area contributed by atoms with Crippen molar-refractivity contribution in [2.75, 3.05) is 13.1 Å². The van der Waals surface area contributed by atoms with Gasteiger partial charge in [0.1, 0.15) is 6.54 Å². The summed E-state index contributed by atoms with van der Waals surface area (Å²) in [6.45, 7) is -0.110. The van der Waals surface area contributed by atoms with Crippen molar-refractivity contribution in [3.8, 4) is 0 Å². The van der Waals surface area contributed by atoms with E-state index in [1.165, 1.54) is 37.8 Å². The maximum absolute atomic E-state index is 13.0. The van der Waals surface area contributed by atoms with E-state index in [1.54, 1.807) is 12.1 Å². The summed E-state index contributed by atoms with van der Waals surface area (Å²) < 4.78 is 30.0. The fourth-order valence-corrected chi connectivity index (χ4v) is 6.09. The molecular weight excluding hydrogens is 467 g/mol. The molecule has 3 heterocycles. The van der Waals surface area contributed by atoms with Gasteiger partial charge < -0.3 is 5.11 Å². The number of hydrogen-bond donors (Lipinski definition) is 1. The summed E-state index contributed by atoms with van der Waals surface area (Å²) in [6, 6.07) is 7.13. The third-order valence-electron chi connectivity index (χ3n) is 5.28. The number of piperidine rings is 1. The number of nitrogens with zero attached hydrogens (tertiary/aromatic N) is 4. The molecule has 0 radical (unpaired) electrons. The standard InChI is InChI=1S/C19H18Cl2N4O5S/c20-12-8-13(21)10-15(9-12)31(29,30)23-6-3-14(4-7-23)25-18-16(2-1-5-22-18)24(19(25)28)11-17(26)27/h1-2,5,8-10,14H,3-4,6-7,11H2,(H,26,27). The van der Waals surface area contributed by atoms with Gasteiger partial charge in [-0.2, -0.15) is 4.31 Å². The van der Waals surface area contributed by atoms with Crippen molar-refractivity contribution in [3.05, 3.63) is 57.1 Å². The van der Waals surface area contributed by atoms with Gasteiger partial charge in [0, 0.05) is 35.4 Å². The third-order valence-corrected chi connectivity index (χ3v) is 7.59. The second kappa shape index (κ2) is 8.27. The lowest BCUT2D eigenvalue weighted by atomic mass is 10.1. The summed E-state index contributed by atoms with van der Waals surface area (Å²) in [6.07, 6.45) is 2.28. The number of aliphatic carboxylic acids is 1. The molecule has 12 heteroatoms. The van der Waals surface area contributed by atoms with Crippen molar-refractivity contribution < 1.29 is 18.3 Å². The number of fused-ring (bicyclic) bond motifs is 1. The maximum atomic E-state index is 13.0. The van der Waals surface area contributed by atoms with Crippen LogP contribution in [-0.2, 0) is 21.4 Å². The van der Waals surface area contributed by atoms with Gasteiger partial charge in [0.25, 0.3) is 0 Å². The number of hydrogen-bond acceptors (Lipinski definition) is 5. The molecule has 0 unspecified atom stereocenters. The quantitative estimate of drug-likeness (QED) is 0.594. The molecule has 1 aromatic carbocycles. The predicted molar refractivity (Wildman–Crippen MR) is 115 cm³/mol. The molecule has 4 rings (SSSR count). The van der Waals surface area contributed by atoms with Crippen LogP contribution in [0.1, 0.15) is 18.9 Å². The van der Waals surface area contributed by atoms with Crippen LogP contribution in [0.25, 0.3) is 11.2 Å². The van der Waals surface area contributed by atoms with E-state index in [4.69, 9.17) is 28.3 Å². The molecule has 0 spiro atoms. The molecule has 1 aliphatic heterocycles. The second-order valence-corrected chi connectivity index (χ2v) is 10.0. The van der Waals surface area contributed by atoms with Gasteiger partial charge in [-0.25, -0.2) is 18.2 Å². The summed E-state index contributed by atoms with van der Waals surface area (Å²) in [5.74, 6) is -1.13. The molecule has 9 nitrogen and oxygen atoms in total. The topological polar surface area (TPSA) is 114 Å². The summed E-state index contributed by atoms with van der Waals surface area (Å²) in [5, 5.41) is 9.61. The number of sulfonamides is 1. The summed E-state index contributed by atoms with van der Waals surface area (Å²) in [7, 11) is -3.80. The van der Waals surface area contributed by atoms with Gasteiger partial charge in [0.2, 0.25) is 10.0 Å². The molecule has 0 atom stereocenters. The molecule has 2 aromatic heterocycles. The zero-order valence-corrected chi connectivity index (χ0v) is 18.4. The molecule has 1 saturated heterocycles. The Morgan fingerprint density at radius 2 is 1.81 bits per heavy atom. The van der Waals surface area contributed by atoms with Crippen LogP contribution >= 0.6 is 23.2 Å². The van der Waals surface area contributed by atoms with Crippen molar-refractivity contribution in [2.24, 2.45) is 0 Å². The van der Waals surface area contributed by atoms with Crippen molar-refractivity contribution in [1.82, 2.24) is 18.4 Å². The Balaban J connectivity index is 1.62. The maximum Gasteiger partial charge on any atom is 0.331 e. The molecule has 164 valence electrons. The number of halogens is 2. The Bertz CT molecular complexity index is 1310. The highest BCUT2D eigenvalue weighted by Crippen LogP contribution is 2.30. The minimum Gasteiger partial charge on any atom is -0.480 e. The van der Waals surface area contributed by atoms with E-state index in [9.17, 15) is 18.0 Å². The first-order valence-electron chi connectivity index (χ1n) is 9.42. The number of aromatic nitrogens is 3. The van der Waals surface area contributed by atoms with Crippen molar-refractivity contribution in [2.45, 2.75) is 30.3 Å². The van der Waals surface area contributed by atoms with Crippen molar-refractivity contribution in [3.63, 3.8) is 0 Å². The highest BCUT2D eigenvalue weighted by Gasteiger charge is 2.32. The van der Waals surface area contributed by atoms with Crippen LogP contribution < -0.4 is 5.69 Å². The van der Waals surface area contributed by atoms with Gasteiger partial charge in [-0.15, -0.1) is 0 Å². The third kappa shape index (κ3) is 4.08. The van der Waals surface area contributed by atoms with E-state index in [-0.39, 0.29) is 34.1 Å². The number of carbonyl (C=O) groups is 1. The van der Waals surface area contributed by atoms with Crippen LogP contribution in [0.2, 0.25) is 10.0 Å². The Kier molecular flexibility index (Phi) is 5.82. The Morgan fingerprint density at radius 3 is 2.42 bits per heavy atom. The highest BCUT2D eigenvalue weighted by atomic mass is 35.5. The molecule has 0 aliphatic carbocycles. The first kappa shape index (κ1) is 21.8. The summed E-state index contributed by atoms with van der Waals surface area (Å²) >= 11 is 11.9. The molecule has 1 fully saturated rings. The number of imidazole rings is 1. The van der Waals surface area contributed by atoms with E-state index in [0.717, 1.165) is 0 Å². The zero-order valence-electron chi connectivity index (χ0n) is 16.1. The van der Waals surface area contributed by atoms with Gasteiger partial charge in [-0.1, -0.05) is 23.2 Å². The lowest BCUT2D eigenvalue weighted by Crippen LogP contribution is -2.41. The Hall–Kier alpha value is -2.40. The number of carboxylic acid groups (broad SMARTS) is 1. The molecule has 1 N–H and O–H groups in total. The Morgan fingerprint density at radius 1 is 1.16 bits per heavy atom.